The number of aromatic nitrogens is 2. The van der Waals surface area contributed by atoms with Crippen molar-refractivity contribution in [1.82, 2.24) is 15.0 Å². The van der Waals surface area contributed by atoms with Crippen LogP contribution in [-0.4, -0.2) is 21.2 Å². The number of hydrazone groups is 1. The van der Waals surface area contributed by atoms with Crippen LogP contribution in [-0.2, 0) is 13.0 Å². The fourth-order valence-corrected chi connectivity index (χ4v) is 4.59. The van der Waals surface area contributed by atoms with Gasteiger partial charge in [0, 0.05) is 30.2 Å². The first-order valence-electron chi connectivity index (χ1n) is 10.7. The summed E-state index contributed by atoms with van der Waals surface area (Å²) in [5.74, 6) is 0.781. The minimum absolute atomic E-state index is 0.0207. The summed E-state index contributed by atoms with van der Waals surface area (Å²) < 4.78 is 1.74. The zero-order valence-electron chi connectivity index (χ0n) is 16.8. The van der Waals surface area contributed by atoms with Gasteiger partial charge < -0.3 is 0 Å². The third-order valence-corrected chi connectivity index (χ3v) is 6.16. The molecule has 1 amide bonds. The van der Waals surface area contributed by atoms with Crippen molar-refractivity contribution in [2.24, 2.45) is 5.10 Å². The number of nitrogens with zero attached hydrogens (tertiary/aromatic N) is 3. The molecule has 0 unspecified atom stereocenters. The Morgan fingerprint density at radius 1 is 1.07 bits per heavy atom. The molecule has 1 aliphatic carbocycles. The molecule has 3 aromatic rings. The number of aryl methyl sites for hydroxylation is 1. The largest absolute Gasteiger partial charge is 0.296 e. The molecule has 1 fully saturated rings. The molecule has 0 spiro atoms. The minimum atomic E-state index is -0.274. The Balaban J connectivity index is 1.40. The van der Waals surface area contributed by atoms with Crippen LogP contribution in [0.3, 0.4) is 0 Å². The van der Waals surface area contributed by atoms with Gasteiger partial charge >= 0.3 is 0 Å². The Labute approximate surface area is 174 Å². The van der Waals surface area contributed by atoms with E-state index in [1.165, 1.54) is 12.0 Å². The average molecular weight is 400 g/mol. The summed E-state index contributed by atoms with van der Waals surface area (Å²) in [7, 11) is 0. The Morgan fingerprint density at radius 2 is 1.93 bits per heavy atom. The third kappa shape index (κ3) is 3.43. The predicted octanol–water partition coefficient (Wildman–Crippen LogP) is 3.79. The lowest BCUT2D eigenvalue weighted by Crippen LogP contribution is -2.25. The molecule has 0 bridgehead atoms. The maximum absolute atomic E-state index is 12.8. The highest BCUT2D eigenvalue weighted by molar-refractivity contribution is 5.99. The lowest BCUT2D eigenvalue weighted by atomic mass is 9.82. The standard InChI is InChI=1S/C24H24N4O2/c29-23(27-26-20-10-5-4-9-18(20)16-7-2-1-3-8-16)17-12-13-19-21(15-17)25-22-11-6-14-28(22)24(19)30/h1-3,7-8,12-13,15,18H,4-6,9-11,14H2,(H,27,29)/t18-/m0/s1. The molecule has 1 atom stereocenters. The lowest BCUT2D eigenvalue weighted by Gasteiger charge is -2.24. The molecule has 2 aliphatic rings. The number of carbonyl (C=O) groups is 1. The first-order valence-corrected chi connectivity index (χ1v) is 10.7. The second kappa shape index (κ2) is 7.86. The van der Waals surface area contributed by atoms with Crippen molar-refractivity contribution in [2.75, 3.05) is 0 Å². The molecule has 2 aromatic carbocycles. The molecule has 5 rings (SSSR count). The van der Waals surface area contributed by atoms with E-state index >= 15 is 0 Å². The fourth-order valence-electron chi connectivity index (χ4n) is 4.59. The van der Waals surface area contributed by atoms with Crippen molar-refractivity contribution in [1.29, 1.82) is 0 Å². The molecule has 1 aliphatic heterocycles. The number of rotatable bonds is 3. The van der Waals surface area contributed by atoms with E-state index in [2.05, 4.69) is 27.6 Å². The van der Waals surface area contributed by atoms with Crippen LogP contribution in [0.25, 0.3) is 10.9 Å². The summed E-state index contributed by atoms with van der Waals surface area (Å²) in [6, 6.07) is 15.4. The summed E-state index contributed by atoms with van der Waals surface area (Å²) in [6.45, 7) is 0.722. The lowest BCUT2D eigenvalue weighted by molar-refractivity contribution is 0.0954. The van der Waals surface area contributed by atoms with E-state index in [0.717, 1.165) is 50.2 Å². The quantitative estimate of drug-likeness (QED) is 0.680. The maximum Gasteiger partial charge on any atom is 0.271 e. The zero-order chi connectivity index (χ0) is 20.5. The van der Waals surface area contributed by atoms with Gasteiger partial charge in [-0.3, -0.25) is 14.2 Å². The molecule has 0 radical (unpaired) electrons. The molecule has 6 nitrogen and oxygen atoms in total. The van der Waals surface area contributed by atoms with Crippen LogP contribution in [0.2, 0.25) is 0 Å². The van der Waals surface area contributed by atoms with E-state index in [4.69, 9.17) is 0 Å². The minimum Gasteiger partial charge on any atom is -0.296 e. The molecule has 30 heavy (non-hydrogen) atoms. The molecule has 1 N–H and O–H groups in total. The summed E-state index contributed by atoms with van der Waals surface area (Å²) in [4.78, 5) is 30.0. The number of nitrogens with one attached hydrogen (secondary N) is 1. The Hall–Kier alpha value is -3.28. The van der Waals surface area contributed by atoms with Gasteiger partial charge in [0.25, 0.3) is 11.5 Å². The van der Waals surface area contributed by atoms with Gasteiger partial charge in [-0.1, -0.05) is 36.8 Å². The van der Waals surface area contributed by atoms with E-state index in [1.54, 1.807) is 22.8 Å². The average Bonchev–Trinajstić information content (AvgIpc) is 3.27. The van der Waals surface area contributed by atoms with E-state index in [-0.39, 0.29) is 17.4 Å². The smallest absolute Gasteiger partial charge is 0.271 e. The number of benzene rings is 2. The molecule has 152 valence electrons. The molecular formula is C24H24N4O2. The number of hydrogen-bond acceptors (Lipinski definition) is 4. The van der Waals surface area contributed by atoms with Gasteiger partial charge in [-0.2, -0.15) is 5.10 Å². The summed E-state index contributed by atoms with van der Waals surface area (Å²) in [5.41, 5.74) is 6.03. The first kappa shape index (κ1) is 18.7. The van der Waals surface area contributed by atoms with Crippen molar-refractivity contribution in [3.63, 3.8) is 0 Å². The molecular weight excluding hydrogens is 376 g/mol. The monoisotopic (exact) mass is 400 g/mol. The first-order chi connectivity index (χ1) is 14.7. The number of fused-ring (bicyclic) bond motifs is 2. The van der Waals surface area contributed by atoms with E-state index in [9.17, 15) is 9.59 Å². The summed E-state index contributed by atoms with van der Waals surface area (Å²) >= 11 is 0. The van der Waals surface area contributed by atoms with Crippen LogP contribution in [0.1, 0.15) is 59.8 Å². The van der Waals surface area contributed by atoms with E-state index < -0.39 is 0 Å². The fraction of sp³-hybridized carbons (Fsp3) is 0.333. The molecule has 2 heterocycles. The van der Waals surface area contributed by atoms with Crippen molar-refractivity contribution < 1.29 is 4.79 Å². The van der Waals surface area contributed by atoms with Gasteiger partial charge in [0.1, 0.15) is 5.82 Å². The van der Waals surface area contributed by atoms with Gasteiger partial charge in [0.05, 0.1) is 10.9 Å². The molecule has 6 heteroatoms. The predicted molar refractivity (Wildman–Crippen MR) is 117 cm³/mol. The second-order valence-corrected chi connectivity index (χ2v) is 8.07. The molecule has 1 aromatic heterocycles. The van der Waals surface area contributed by atoms with Crippen molar-refractivity contribution >= 4 is 22.5 Å². The van der Waals surface area contributed by atoms with E-state index in [1.807, 2.05) is 18.2 Å². The highest BCUT2D eigenvalue weighted by Crippen LogP contribution is 2.30. The number of hydrogen-bond donors (Lipinski definition) is 1. The van der Waals surface area contributed by atoms with Gasteiger partial charge in [-0.25, -0.2) is 10.4 Å². The summed E-state index contributed by atoms with van der Waals surface area (Å²) in [6.07, 6.45) is 5.94. The SMILES string of the molecule is O=C(NN=C1CCCC[C@H]1c1ccccc1)c1ccc2c(=O)n3c(nc2c1)CCC3. The maximum atomic E-state index is 12.8. The Morgan fingerprint density at radius 3 is 2.80 bits per heavy atom. The van der Waals surface area contributed by atoms with Gasteiger partial charge in [-0.15, -0.1) is 0 Å². The van der Waals surface area contributed by atoms with Gasteiger partial charge in [0.15, 0.2) is 0 Å². The van der Waals surface area contributed by atoms with Crippen LogP contribution >= 0.6 is 0 Å². The third-order valence-electron chi connectivity index (χ3n) is 6.16. The van der Waals surface area contributed by atoms with Crippen LogP contribution in [0.5, 0.6) is 0 Å². The van der Waals surface area contributed by atoms with Crippen LogP contribution in [0, 0.1) is 0 Å². The Bertz CT molecular complexity index is 1200. The van der Waals surface area contributed by atoms with Gasteiger partial charge in [-0.05, 0) is 49.4 Å². The van der Waals surface area contributed by atoms with Crippen molar-refractivity contribution in [3.8, 4) is 0 Å². The highest BCUT2D eigenvalue weighted by atomic mass is 16.2. The second-order valence-electron chi connectivity index (χ2n) is 8.07. The van der Waals surface area contributed by atoms with Crippen LogP contribution < -0.4 is 11.0 Å². The van der Waals surface area contributed by atoms with Crippen molar-refractivity contribution in [3.05, 3.63) is 75.8 Å². The van der Waals surface area contributed by atoms with Crippen LogP contribution in [0.15, 0.2) is 58.4 Å². The molecule has 0 saturated heterocycles. The Kier molecular flexibility index (Phi) is 4.91. The zero-order valence-corrected chi connectivity index (χ0v) is 16.8. The number of amides is 1. The van der Waals surface area contributed by atoms with E-state index in [0.29, 0.717) is 16.5 Å². The number of carbonyl (C=O) groups excluding carboxylic acids is 1. The normalized spacial score (nSPS) is 19.7. The highest BCUT2D eigenvalue weighted by Gasteiger charge is 2.23. The van der Waals surface area contributed by atoms with Gasteiger partial charge in [0.2, 0.25) is 0 Å². The molecule has 1 saturated carbocycles. The van der Waals surface area contributed by atoms with Crippen LogP contribution in [0.4, 0.5) is 0 Å². The van der Waals surface area contributed by atoms with Crippen molar-refractivity contribution in [2.45, 2.75) is 51.0 Å². The summed E-state index contributed by atoms with van der Waals surface area (Å²) in [5, 5.41) is 5.06. The topological polar surface area (TPSA) is 76.3 Å².